The van der Waals surface area contributed by atoms with E-state index in [2.05, 4.69) is 25.4 Å². The fourth-order valence-corrected chi connectivity index (χ4v) is 2.16. The van der Waals surface area contributed by atoms with E-state index in [1.165, 1.54) is 0 Å². The Morgan fingerprint density at radius 3 is 3.11 bits per heavy atom. The van der Waals surface area contributed by atoms with Gasteiger partial charge in [-0.2, -0.15) is 5.10 Å². The van der Waals surface area contributed by atoms with E-state index in [1.807, 2.05) is 17.8 Å². The minimum Gasteiger partial charge on any atom is -0.306 e. The van der Waals surface area contributed by atoms with Gasteiger partial charge in [0.1, 0.15) is 12.2 Å². The van der Waals surface area contributed by atoms with Gasteiger partial charge in [-0.05, 0) is 13.3 Å². The van der Waals surface area contributed by atoms with E-state index in [1.54, 1.807) is 12.5 Å². The van der Waals surface area contributed by atoms with Crippen LogP contribution in [0, 0.1) is 6.92 Å². The first kappa shape index (κ1) is 11.3. The standard InChI is InChI=1S/C12H16N6/c1-9-4-14-11(5-13-9)6-15-10-2-3-12-16-8-17-18(12)7-10/h4-5,8,10,15H,2-3,6-7H2,1H3/t10-/m1/s1. The van der Waals surface area contributed by atoms with Crippen molar-refractivity contribution in [3.05, 3.63) is 35.9 Å². The Balaban J connectivity index is 1.57. The van der Waals surface area contributed by atoms with Crippen molar-refractivity contribution in [1.29, 1.82) is 0 Å². The Morgan fingerprint density at radius 1 is 1.33 bits per heavy atom. The van der Waals surface area contributed by atoms with Gasteiger partial charge in [0.15, 0.2) is 0 Å². The average molecular weight is 244 g/mol. The molecule has 1 N–H and O–H groups in total. The Kier molecular flexibility index (Phi) is 3.02. The molecule has 1 aliphatic rings. The van der Waals surface area contributed by atoms with E-state index in [9.17, 15) is 0 Å². The second kappa shape index (κ2) is 4.81. The van der Waals surface area contributed by atoms with Crippen LogP contribution in [0.4, 0.5) is 0 Å². The van der Waals surface area contributed by atoms with Crippen LogP contribution in [0.15, 0.2) is 18.7 Å². The molecule has 6 heteroatoms. The summed E-state index contributed by atoms with van der Waals surface area (Å²) in [6.45, 7) is 3.58. The third-order valence-electron chi connectivity index (χ3n) is 3.21. The maximum atomic E-state index is 4.34. The number of rotatable bonds is 3. The van der Waals surface area contributed by atoms with Crippen LogP contribution in [-0.4, -0.2) is 30.8 Å². The average Bonchev–Trinajstić information content (AvgIpc) is 2.85. The monoisotopic (exact) mass is 244 g/mol. The van der Waals surface area contributed by atoms with Crippen LogP contribution in [0.3, 0.4) is 0 Å². The number of fused-ring (bicyclic) bond motifs is 1. The van der Waals surface area contributed by atoms with Crippen molar-refractivity contribution in [3.63, 3.8) is 0 Å². The largest absolute Gasteiger partial charge is 0.306 e. The molecule has 2 aromatic rings. The molecule has 1 atom stereocenters. The van der Waals surface area contributed by atoms with Crippen molar-refractivity contribution in [2.24, 2.45) is 0 Å². The van der Waals surface area contributed by atoms with Crippen molar-refractivity contribution in [2.75, 3.05) is 0 Å². The third kappa shape index (κ3) is 2.38. The van der Waals surface area contributed by atoms with E-state index in [0.717, 1.165) is 43.1 Å². The summed E-state index contributed by atoms with van der Waals surface area (Å²) < 4.78 is 1.97. The highest BCUT2D eigenvalue weighted by atomic mass is 15.3. The molecule has 6 nitrogen and oxygen atoms in total. The van der Waals surface area contributed by atoms with Crippen LogP contribution in [0.1, 0.15) is 23.6 Å². The van der Waals surface area contributed by atoms with Gasteiger partial charge in [0.25, 0.3) is 0 Å². The van der Waals surface area contributed by atoms with E-state index < -0.39 is 0 Å². The van der Waals surface area contributed by atoms with Gasteiger partial charge >= 0.3 is 0 Å². The molecule has 1 aliphatic heterocycles. The molecule has 0 bridgehead atoms. The molecule has 94 valence electrons. The lowest BCUT2D eigenvalue weighted by atomic mass is 10.1. The van der Waals surface area contributed by atoms with Crippen molar-refractivity contribution in [1.82, 2.24) is 30.0 Å². The van der Waals surface area contributed by atoms with Crippen LogP contribution in [0.25, 0.3) is 0 Å². The molecule has 0 radical (unpaired) electrons. The van der Waals surface area contributed by atoms with E-state index in [0.29, 0.717) is 6.04 Å². The Labute approximate surface area is 105 Å². The van der Waals surface area contributed by atoms with Crippen LogP contribution >= 0.6 is 0 Å². The molecule has 0 aromatic carbocycles. The van der Waals surface area contributed by atoms with Crippen molar-refractivity contribution in [2.45, 2.75) is 38.9 Å². The van der Waals surface area contributed by atoms with Gasteiger partial charge in [0.2, 0.25) is 0 Å². The molecule has 0 amide bonds. The normalized spacial score (nSPS) is 18.6. The molecule has 18 heavy (non-hydrogen) atoms. The number of aromatic nitrogens is 5. The van der Waals surface area contributed by atoms with Crippen LogP contribution in [0.2, 0.25) is 0 Å². The highest BCUT2D eigenvalue weighted by Crippen LogP contribution is 2.11. The fourth-order valence-electron chi connectivity index (χ4n) is 2.16. The molecule has 0 saturated heterocycles. The van der Waals surface area contributed by atoms with Gasteiger partial charge in [-0.3, -0.25) is 9.97 Å². The van der Waals surface area contributed by atoms with Crippen LogP contribution in [0.5, 0.6) is 0 Å². The molecule has 3 heterocycles. The molecule has 0 unspecified atom stereocenters. The molecule has 0 saturated carbocycles. The first-order valence-electron chi connectivity index (χ1n) is 6.19. The summed E-state index contributed by atoms with van der Waals surface area (Å²) in [6, 6.07) is 0.433. The Hall–Kier alpha value is -1.82. The molecule has 0 fully saturated rings. The highest BCUT2D eigenvalue weighted by Gasteiger charge is 2.19. The molecular formula is C12H16N6. The predicted octanol–water partition coefficient (Wildman–Crippen LogP) is 0.481. The lowest BCUT2D eigenvalue weighted by molar-refractivity contribution is 0.356. The number of aryl methyl sites for hydroxylation is 2. The summed E-state index contributed by atoms with van der Waals surface area (Å²) in [5.74, 6) is 1.09. The quantitative estimate of drug-likeness (QED) is 0.850. The number of hydrogen-bond acceptors (Lipinski definition) is 5. The first-order chi connectivity index (χ1) is 8.81. The predicted molar refractivity (Wildman–Crippen MR) is 65.7 cm³/mol. The summed E-state index contributed by atoms with van der Waals surface area (Å²) in [7, 11) is 0. The zero-order chi connectivity index (χ0) is 12.4. The van der Waals surface area contributed by atoms with Gasteiger partial charge in [-0.1, -0.05) is 0 Å². The van der Waals surface area contributed by atoms with Crippen LogP contribution < -0.4 is 5.32 Å². The Bertz CT molecular complexity index is 518. The summed E-state index contributed by atoms with van der Waals surface area (Å²) in [6.07, 6.45) is 7.33. The summed E-state index contributed by atoms with van der Waals surface area (Å²) >= 11 is 0. The zero-order valence-electron chi connectivity index (χ0n) is 10.4. The second-order valence-electron chi connectivity index (χ2n) is 4.62. The molecule has 2 aromatic heterocycles. The topological polar surface area (TPSA) is 68.5 Å². The van der Waals surface area contributed by atoms with Crippen molar-refractivity contribution >= 4 is 0 Å². The maximum Gasteiger partial charge on any atom is 0.138 e. The van der Waals surface area contributed by atoms with Gasteiger partial charge in [0, 0.05) is 31.4 Å². The minimum absolute atomic E-state index is 0.433. The molecule has 3 rings (SSSR count). The van der Waals surface area contributed by atoms with Gasteiger partial charge in [0.05, 0.1) is 17.9 Å². The lowest BCUT2D eigenvalue weighted by Gasteiger charge is -2.23. The van der Waals surface area contributed by atoms with Crippen molar-refractivity contribution < 1.29 is 0 Å². The third-order valence-corrected chi connectivity index (χ3v) is 3.21. The van der Waals surface area contributed by atoms with E-state index in [4.69, 9.17) is 0 Å². The zero-order valence-corrected chi connectivity index (χ0v) is 10.4. The first-order valence-corrected chi connectivity index (χ1v) is 6.19. The van der Waals surface area contributed by atoms with Crippen molar-refractivity contribution in [3.8, 4) is 0 Å². The van der Waals surface area contributed by atoms with Gasteiger partial charge in [-0.25, -0.2) is 9.67 Å². The summed E-state index contributed by atoms with van der Waals surface area (Å²) in [5.41, 5.74) is 1.92. The van der Waals surface area contributed by atoms with Gasteiger partial charge in [-0.15, -0.1) is 0 Å². The van der Waals surface area contributed by atoms with Gasteiger partial charge < -0.3 is 5.32 Å². The van der Waals surface area contributed by atoms with E-state index >= 15 is 0 Å². The number of hydrogen-bond donors (Lipinski definition) is 1. The SMILES string of the molecule is Cc1cnc(CN[C@@H]2CCc3ncnn3C2)cn1. The smallest absolute Gasteiger partial charge is 0.138 e. The fraction of sp³-hybridized carbons (Fsp3) is 0.500. The minimum atomic E-state index is 0.433. The number of nitrogens with zero attached hydrogens (tertiary/aromatic N) is 5. The van der Waals surface area contributed by atoms with Crippen LogP contribution in [-0.2, 0) is 19.5 Å². The number of nitrogens with one attached hydrogen (secondary N) is 1. The van der Waals surface area contributed by atoms with E-state index in [-0.39, 0.29) is 0 Å². The highest BCUT2D eigenvalue weighted by molar-refractivity contribution is 5.01. The summed E-state index contributed by atoms with van der Waals surface area (Å²) in [4.78, 5) is 12.8. The molecular weight excluding hydrogens is 228 g/mol. The molecule has 0 spiro atoms. The Morgan fingerprint density at radius 2 is 2.28 bits per heavy atom. The maximum absolute atomic E-state index is 4.34. The summed E-state index contributed by atoms with van der Waals surface area (Å²) in [5, 5.41) is 7.71. The lowest BCUT2D eigenvalue weighted by Crippen LogP contribution is -2.37. The second-order valence-corrected chi connectivity index (χ2v) is 4.62. The molecule has 0 aliphatic carbocycles.